The second kappa shape index (κ2) is 10.6. The Morgan fingerprint density at radius 2 is 1.66 bits per heavy atom. The molecule has 3 aliphatic rings. The van der Waals surface area contributed by atoms with Crippen molar-refractivity contribution in [1.82, 2.24) is 20.0 Å². The molecular weight excluding hydrogens is 368 g/mol. The Kier molecular flexibility index (Phi) is 8.18. The number of likely N-dealkylation sites (N-methyl/N-ethyl adjacent to an activating group) is 1. The summed E-state index contributed by atoms with van der Waals surface area (Å²) in [5.74, 6) is 0.776. The molecule has 0 spiro atoms. The summed E-state index contributed by atoms with van der Waals surface area (Å²) in [5.41, 5.74) is -0.758. The number of nitrogens with zero attached hydrogens (tertiary/aromatic N) is 3. The van der Waals surface area contributed by atoms with Crippen molar-refractivity contribution in [3.05, 3.63) is 0 Å². The molecule has 0 radical (unpaired) electrons. The Balaban J connectivity index is 1.60. The zero-order valence-corrected chi connectivity index (χ0v) is 18.2. The van der Waals surface area contributed by atoms with Gasteiger partial charge in [-0.15, -0.1) is 0 Å². The molecule has 2 aliphatic carbocycles. The molecule has 7 heteroatoms. The fourth-order valence-electron chi connectivity index (χ4n) is 5.22. The normalized spacial score (nSPS) is 23.2. The number of carbonyl (C=O) groups is 2. The number of urea groups is 1. The van der Waals surface area contributed by atoms with Crippen LogP contribution in [0.15, 0.2) is 0 Å². The monoisotopic (exact) mass is 408 g/mol. The molecule has 0 aromatic carbocycles. The highest BCUT2D eigenvalue weighted by atomic mass is 16.3. The van der Waals surface area contributed by atoms with Crippen LogP contribution in [0.25, 0.3) is 0 Å². The first kappa shape index (κ1) is 22.3. The van der Waals surface area contributed by atoms with Crippen LogP contribution in [0.4, 0.5) is 4.79 Å². The Hall–Kier alpha value is -1.34. The minimum Gasteiger partial charge on any atom is -0.395 e. The number of carbonyl (C=O) groups excluding carboxylic acids is 2. The van der Waals surface area contributed by atoms with Crippen molar-refractivity contribution in [1.29, 1.82) is 0 Å². The van der Waals surface area contributed by atoms with Crippen LogP contribution in [0.2, 0.25) is 0 Å². The van der Waals surface area contributed by atoms with E-state index in [-0.39, 0.29) is 18.5 Å². The van der Waals surface area contributed by atoms with Crippen LogP contribution in [-0.4, -0.2) is 90.2 Å². The summed E-state index contributed by atoms with van der Waals surface area (Å²) in [6.07, 6.45) is 10.8. The van der Waals surface area contributed by atoms with E-state index in [4.69, 9.17) is 0 Å². The summed E-state index contributed by atoms with van der Waals surface area (Å²) in [7, 11) is 2.08. The third-order valence-corrected chi connectivity index (χ3v) is 7.19. The number of aliphatic hydroxyl groups is 1. The molecule has 0 atom stereocenters. The van der Waals surface area contributed by atoms with Crippen molar-refractivity contribution in [2.24, 2.45) is 5.92 Å². The zero-order valence-electron chi connectivity index (χ0n) is 18.2. The van der Waals surface area contributed by atoms with Gasteiger partial charge in [0.05, 0.1) is 6.61 Å². The minimum absolute atomic E-state index is 0.0442. The van der Waals surface area contributed by atoms with Crippen molar-refractivity contribution in [2.45, 2.75) is 69.7 Å². The van der Waals surface area contributed by atoms with E-state index >= 15 is 0 Å². The molecule has 166 valence electrons. The van der Waals surface area contributed by atoms with E-state index in [1.54, 1.807) is 4.90 Å². The number of hydrogen-bond acceptors (Lipinski definition) is 4. The molecule has 0 unspecified atom stereocenters. The predicted molar refractivity (Wildman–Crippen MR) is 114 cm³/mol. The fourth-order valence-corrected chi connectivity index (χ4v) is 5.22. The van der Waals surface area contributed by atoms with E-state index < -0.39 is 5.54 Å². The van der Waals surface area contributed by atoms with Crippen LogP contribution in [-0.2, 0) is 4.79 Å². The molecule has 0 aromatic heterocycles. The first-order valence-electron chi connectivity index (χ1n) is 11.7. The number of rotatable bonds is 7. The minimum atomic E-state index is -0.758. The van der Waals surface area contributed by atoms with E-state index in [9.17, 15) is 14.7 Å². The summed E-state index contributed by atoms with van der Waals surface area (Å²) in [5, 5.41) is 12.6. The molecule has 7 nitrogen and oxygen atoms in total. The van der Waals surface area contributed by atoms with Crippen LogP contribution < -0.4 is 5.32 Å². The quantitative estimate of drug-likeness (QED) is 0.676. The number of hydrogen-bond donors (Lipinski definition) is 2. The van der Waals surface area contributed by atoms with Crippen molar-refractivity contribution < 1.29 is 14.7 Å². The Labute approximate surface area is 175 Å². The van der Waals surface area contributed by atoms with Crippen molar-refractivity contribution in [3.63, 3.8) is 0 Å². The third-order valence-electron chi connectivity index (χ3n) is 7.19. The smallest absolute Gasteiger partial charge is 0.318 e. The van der Waals surface area contributed by atoms with Crippen LogP contribution in [0, 0.1) is 5.92 Å². The average molecular weight is 409 g/mol. The highest BCUT2D eigenvalue weighted by molar-refractivity contribution is 5.91. The maximum Gasteiger partial charge on any atom is 0.318 e. The second-order valence-electron chi connectivity index (χ2n) is 9.32. The van der Waals surface area contributed by atoms with E-state index in [0.717, 1.165) is 58.3 Å². The van der Waals surface area contributed by atoms with E-state index in [0.29, 0.717) is 19.0 Å². The van der Waals surface area contributed by atoms with Crippen LogP contribution >= 0.6 is 0 Å². The van der Waals surface area contributed by atoms with Gasteiger partial charge in [0.15, 0.2) is 0 Å². The molecule has 0 bridgehead atoms. The SMILES string of the molecule is CN1CCN(C(=O)C2(NC(=O)N(CCO)CCC3CCCCC3)CCCC2)CC1. The van der Waals surface area contributed by atoms with Gasteiger partial charge in [-0.3, -0.25) is 4.79 Å². The van der Waals surface area contributed by atoms with Gasteiger partial charge in [0, 0.05) is 39.3 Å². The summed E-state index contributed by atoms with van der Waals surface area (Å²) >= 11 is 0. The topological polar surface area (TPSA) is 76.1 Å². The van der Waals surface area contributed by atoms with E-state index in [1.165, 1.54) is 32.1 Å². The Morgan fingerprint density at radius 3 is 2.28 bits per heavy atom. The highest BCUT2D eigenvalue weighted by Crippen LogP contribution is 2.32. The standard InChI is InChI=1S/C22H40N4O3/c1-24-13-15-25(16-14-24)20(28)22(10-5-6-11-22)23-21(29)26(17-18-27)12-9-19-7-3-2-4-8-19/h19,27H,2-18H2,1H3,(H,23,29). The van der Waals surface area contributed by atoms with Crippen LogP contribution in [0.1, 0.15) is 64.2 Å². The van der Waals surface area contributed by atoms with Crippen LogP contribution in [0.3, 0.4) is 0 Å². The van der Waals surface area contributed by atoms with Gasteiger partial charge in [-0.25, -0.2) is 4.79 Å². The molecule has 1 saturated heterocycles. The third kappa shape index (κ3) is 5.85. The van der Waals surface area contributed by atoms with Gasteiger partial charge in [0.1, 0.15) is 5.54 Å². The number of nitrogens with one attached hydrogen (secondary N) is 1. The van der Waals surface area contributed by atoms with Gasteiger partial charge in [-0.2, -0.15) is 0 Å². The van der Waals surface area contributed by atoms with Gasteiger partial charge in [0.25, 0.3) is 0 Å². The Morgan fingerprint density at radius 1 is 1.00 bits per heavy atom. The molecular formula is C22H40N4O3. The van der Waals surface area contributed by atoms with Crippen molar-refractivity contribution in [2.75, 3.05) is 52.9 Å². The summed E-state index contributed by atoms with van der Waals surface area (Å²) in [6.45, 7) is 4.18. The summed E-state index contributed by atoms with van der Waals surface area (Å²) in [4.78, 5) is 32.4. The second-order valence-corrected chi connectivity index (χ2v) is 9.32. The maximum absolute atomic E-state index is 13.4. The van der Waals surface area contributed by atoms with Gasteiger partial charge < -0.3 is 25.1 Å². The average Bonchev–Trinajstić information content (AvgIpc) is 3.21. The molecule has 1 heterocycles. The van der Waals surface area contributed by atoms with Gasteiger partial charge in [0.2, 0.25) is 5.91 Å². The number of aliphatic hydroxyl groups excluding tert-OH is 1. The van der Waals surface area contributed by atoms with E-state index in [1.807, 2.05) is 4.90 Å². The molecule has 3 fully saturated rings. The number of amides is 3. The van der Waals surface area contributed by atoms with Crippen molar-refractivity contribution >= 4 is 11.9 Å². The molecule has 2 N–H and O–H groups in total. The molecule has 0 aromatic rings. The van der Waals surface area contributed by atoms with E-state index in [2.05, 4.69) is 17.3 Å². The lowest BCUT2D eigenvalue weighted by molar-refractivity contribution is -0.139. The molecule has 1 aliphatic heterocycles. The first-order chi connectivity index (χ1) is 14.0. The maximum atomic E-state index is 13.4. The lowest BCUT2D eigenvalue weighted by Crippen LogP contribution is -2.63. The zero-order chi connectivity index (χ0) is 20.7. The lowest BCUT2D eigenvalue weighted by atomic mass is 9.87. The molecule has 3 amide bonds. The fraction of sp³-hybridized carbons (Fsp3) is 0.909. The molecule has 29 heavy (non-hydrogen) atoms. The molecule has 2 saturated carbocycles. The van der Waals surface area contributed by atoms with Gasteiger partial charge >= 0.3 is 6.03 Å². The molecule has 3 rings (SSSR count). The highest BCUT2D eigenvalue weighted by Gasteiger charge is 2.45. The largest absolute Gasteiger partial charge is 0.395 e. The Bertz CT molecular complexity index is 536. The summed E-state index contributed by atoms with van der Waals surface area (Å²) in [6, 6.07) is -0.181. The van der Waals surface area contributed by atoms with Crippen LogP contribution in [0.5, 0.6) is 0 Å². The van der Waals surface area contributed by atoms with Gasteiger partial charge in [-0.1, -0.05) is 44.9 Å². The lowest BCUT2D eigenvalue weighted by Gasteiger charge is -2.40. The first-order valence-corrected chi connectivity index (χ1v) is 11.7. The number of piperazine rings is 1. The van der Waals surface area contributed by atoms with Crippen molar-refractivity contribution in [3.8, 4) is 0 Å². The summed E-state index contributed by atoms with van der Waals surface area (Å²) < 4.78 is 0. The van der Waals surface area contributed by atoms with Gasteiger partial charge in [-0.05, 0) is 32.2 Å². The predicted octanol–water partition coefficient (Wildman–Crippen LogP) is 2.05.